The van der Waals surface area contributed by atoms with Crippen molar-refractivity contribution in [2.75, 3.05) is 0 Å². The minimum Gasteiger partial charge on any atom is -0.472 e. The summed E-state index contributed by atoms with van der Waals surface area (Å²) in [6.45, 7) is 0. The maximum atomic E-state index is 13.1. The monoisotopic (exact) mass is 301 g/mol. The molecule has 3 nitrogen and oxygen atoms in total. The molecular weight excluding hydrogens is 281 g/mol. The van der Waals surface area contributed by atoms with Gasteiger partial charge < -0.3 is 9.73 Å². The molecule has 1 amide bonds. The van der Waals surface area contributed by atoms with Gasteiger partial charge in [0.15, 0.2) is 0 Å². The second kappa shape index (κ2) is 6.77. The van der Waals surface area contributed by atoms with Crippen molar-refractivity contribution in [1.82, 2.24) is 5.32 Å². The van der Waals surface area contributed by atoms with Gasteiger partial charge in [-0.2, -0.15) is 0 Å². The first-order chi connectivity index (χ1) is 10.7. The highest BCUT2D eigenvalue weighted by Gasteiger charge is 2.29. The fourth-order valence-corrected chi connectivity index (χ4v) is 2.86. The average Bonchev–Trinajstić information content (AvgIpc) is 2.97. The van der Waals surface area contributed by atoms with E-state index in [1.54, 1.807) is 24.7 Å². The van der Waals surface area contributed by atoms with Gasteiger partial charge in [0.1, 0.15) is 5.82 Å². The summed E-state index contributed by atoms with van der Waals surface area (Å²) >= 11 is 0. The Morgan fingerprint density at radius 1 is 1.27 bits per heavy atom. The largest absolute Gasteiger partial charge is 0.472 e. The van der Waals surface area contributed by atoms with Crippen molar-refractivity contribution in [2.45, 2.75) is 38.1 Å². The predicted octanol–water partition coefficient (Wildman–Crippen LogP) is 4.01. The number of hydrogen-bond acceptors (Lipinski definition) is 2. The number of carbonyl (C=O) groups is 1. The topological polar surface area (TPSA) is 42.2 Å². The van der Waals surface area contributed by atoms with Gasteiger partial charge in [0.05, 0.1) is 18.6 Å². The Labute approximate surface area is 129 Å². The molecule has 0 spiro atoms. The van der Waals surface area contributed by atoms with Gasteiger partial charge in [0.25, 0.3) is 0 Å². The van der Waals surface area contributed by atoms with E-state index in [1.165, 1.54) is 18.6 Å². The summed E-state index contributed by atoms with van der Waals surface area (Å²) in [6.07, 6.45) is 7.81. The van der Waals surface area contributed by atoms with Crippen LogP contribution in [0, 0.1) is 11.7 Å². The van der Waals surface area contributed by atoms with Crippen LogP contribution in [-0.2, 0) is 11.2 Å². The Morgan fingerprint density at radius 2 is 2.05 bits per heavy atom. The van der Waals surface area contributed by atoms with Gasteiger partial charge in [-0.05, 0) is 54.5 Å². The van der Waals surface area contributed by atoms with Crippen LogP contribution in [0.4, 0.5) is 4.39 Å². The fraction of sp³-hybridized carbons (Fsp3) is 0.389. The molecule has 116 valence electrons. The Kier molecular flexibility index (Phi) is 4.56. The van der Waals surface area contributed by atoms with Crippen LogP contribution in [0.15, 0.2) is 47.3 Å². The molecule has 0 aliphatic heterocycles. The zero-order chi connectivity index (χ0) is 15.4. The molecule has 1 aliphatic rings. The molecule has 1 unspecified atom stereocenters. The third-order valence-corrected chi connectivity index (χ3v) is 4.39. The highest BCUT2D eigenvalue weighted by molar-refractivity contribution is 5.76. The first-order valence-corrected chi connectivity index (χ1v) is 7.78. The molecule has 1 N–H and O–H groups in total. The summed E-state index contributed by atoms with van der Waals surface area (Å²) in [5.41, 5.74) is 2.01. The molecule has 3 rings (SSSR count). The molecule has 0 bridgehead atoms. The van der Waals surface area contributed by atoms with Crippen LogP contribution >= 0.6 is 0 Å². The highest BCUT2D eigenvalue weighted by atomic mass is 19.1. The van der Waals surface area contributed by atoms with Crippen LogP contribution in [0.2, 0.25) is 0 Å². The van der Waals surface area contributed by atoms with Crippen molar-refractivity contribution >= 4 is 5.91 Å². The van der Waals surface area contributed by atoms with Gasteiger partial charge in [-0.3, -0.25) is 4.79 Å². The lowest BCUT2D eigenvalue weighted by molar-refractivity contribution is -0.122. The molecular formula is C18H20FNO2. The molecule has 4 heteroatoms. The number of carbonyl (C=O) groups excluding carboxylic acids is 1. The minimum atomic E-state index is -0.248. The van der Waals surface area contributed by atoms with E-state index in [0.717, 1.165) is 24.0 Å². The molecule has 1 heterocycles. The number of benzene rings is 1. The Bertz CT molecular complexity index is 603. The zero-order valence-corrected chi connectivity index (χ0v) is 12.4. The lowest BCUT2D eigenvalue weighted by atomic mass is 9.77. The van der Waals surface area contributed by atoms with E-state index in [0.29, 0.717) is 18.8 Å². The molecule has 2 aromatic rings. The van der Waals surface area contributed by atoms with E-state index in [2.05, 4.69) is 5.32 Å². The lowest BCUT2D eigenvalue weighted by Gasteiger charge is -2.34. The quantitative estimate of drug-likeness (QED) is 0.876. The number of halogens is 1. The van der Waals surface area contributed by atoms with Gasteiger partial charge in [0.2, 0.25) is 5.91 Å². The van der Waals surface area contributed by atoms with Crippen LogP contribution in [0.5, 0.6) is 0 Å². The highest BCUT2D eigenvalue weighted by Crippen LogP contribution is 2.37. The Hall–Kier alpha value is -2.10. The number of nitrogens with one attached hydrogen (secondary N) is 1. The molecule has 1 aliphatic carbocycles. The van der Waals surface area contributed by atoms with Crippen molar-refractivity contribution in [3.63, 3.8) is 0 Å². The zero-order valence-electron chi connectivity index (χ0n) is 12.4. The standard InChI is InChI=1S/C18H20FNO2/c19-16-7-5-15(6-8-16)18(14-2-1-3-14)20-17(21)9-4-13-10-11-22-12-13/h5-8,10-12,14,18H,1-4,9H2,(H,20,21). The van der Waals surface area contributed by atoms with Gasteiger partial charge in [-0.15, -0.1) is 0 Å². The van der Waals surface area contributed by atoms with E-state index < -0.39 is 0 Å². The average molecular weight is 301 g/mol. The van der Waals surface area contributed by atoms with E-state index in [1.807, 2.05) is 6.07 Å². The van der Waals surface area contributed by atoms with Crippen LogP contribution in [0.3, 0.4) is 0 Å². The van der Waals surface area contributed by atoms with Crippen molar-refractivity contribution < 1.29 is 13.6 Å². The summed E-state index contributed by atoms with van der Waals surface area (Å²) in [5.74, 6) is 0.244. The van der Waals surface area contributed by atoms with Crippen molar-refractivity contribution in [3.05, 3.63) is 59.8 Å². The molecule has 0 saturated heterocycles. The number of amides is 1. The summed E-state index contributed by atoms with van der Waals surface area (Å²) in [4.78, 5) is 12.2. The number of aryl methyl sites for hydroxylation is 1. The van der Waals surface area contributed by atoms with E-state index >= 15 is 0 Å². The number of hydrogen-bond donors (Lipinski definition) is 1. The summed E-state index contributed by atoms with van der Waals surface area (Å²) in [7, 11) is 0. The first-order valence-electron chi connectivity index (χ1n) is 7.78. The molecule has 22 heavy (non-hydrogen) atoms. The van der Waals surface area contributed by atoms with Gasteiger partial charge in [-0.25, -0.2) is 4.39 Å². The van der Waals surface area contributed by atoms with Crippen LogP contribution in [0.25, 0.3) is 0 Å². The molecule has 1 atom stereocenters. The second-order valence-electron chi connectivity index (χ2n) is 5.92. The van der Waals surface area contributed by atoms with Crippen LogP contribution in [-0.4, -0.2) is 5.91 Å². The Morgan fingerprint density at radius 3 is 2.64 bits per heavy atom. The minimum absolute atomic E-state index is 0.00815. The van der Waals surface area contributed by atoms with E-state index in [4.69, 9.17) is 4.42 Å². The molecule has 1 saturated carbocycles. The maximum Gasteiger partial charge on any atom is 0.220 e. The second-order valence-corrected chi connectivity index (χ2v) is 5.92. The van der Waals surface area contributed by atoms with Gasteiger partial charge in [0, 0.05) is 6.42 Å². The Balaban J connectivity index is 1.62. The summed E-state index contributed by atoms with van der Waals surface area (Å²) in [5, 5.41) is 3.13. The van der Waals surface area contributed by atoms with Crippen molar-refractivity contribution in [1.29, 1.82) is 0 Å². The number of furan rings is 1. The van der Waals surface area contributed by atoms with E-state index in [-0.39, 0.29) is 17.8 Å². The maximum absolute atomic E-state index is 13.1. The van der Waals surface area contributed by atoms with Crippen LogP contribution in [0.1, 0.15) is 42.9 Å². The van der Waals surface area contributed by atoms with Crippen molar-refractivity contribution in [2.24, 2.45) is 5.92 Å². The fourth-order valence-electron chi connectivity index (χ4n) is 2.86. The van der Waals surface area contributed by atoms with Gasteiger partial charge in [-0.1, -0.05) is 18.6 Å². The SMILES string of the molecule is O=C(CCc1ccoc1)NC(c1ccc(F)cc1)C1CCC1. The smallest absolute Gasteiger partial charge is 0.220 e. The van der Waals surface area contributed by atoms with E-state index in [9.17, 15) is 9.18 Å². The summed E-state index contributed by atoms with van der Waals surface area (Å²) < 4.78 is 18.1. The predicted molar refractivity (Wildman–Crippen MR) is 81.7 cm³/mol. The molecule has 1 aromatic carbocycles. The molecule has 1 fully saturated rings. The van der Waals surface area contributed by atoms with Gasteiger partial charge >= 0.3 is 0 Å². The third-order valence-electron chi connectivity index (χ3n) is 4.39. The lowest BCUT2D eigenvalue weighted by Crippen LogP contribution is -2.36. The first kappa shape index (κ1) is 14.8. The molecule has 1 aromatic heterocycles. The van der Waals surface area contributed by atoms with Crippen molar-refractivity contribution in [3.8, 4) is 0 Å². The normalized spacial score (nSPS) is 16.0. The molecule has 0 radical (unpaired) electrons. The number of rotatable bonds is 6. The third kappa shape index (κ3) is 3.56. The summed E-state index contributed by atoms with van der Waals surface area (Å²) in [6, 6.07) is 8.32. The van der Waals surface area contributed by atoms with Crippen LogP contribution < -0.4 is 5.32 Å².